The molecule has 12 nitrogen and oxygen atoms in total. The van der Waals surface area contributed by atoms with Crippen molar-refractivity contribution in [3.63, 3.8) is 0 Å². The molecule has 1 amide bonds. The van der Waals surface area contributed by atoms with Gasteiger partial charge in [0.2, 0.25) is 0 Å². The fraction of sp³-hybridized carbons (Fsp3) is 0.171. The van der Waals surface area contributed by atoms with Crippen molar-refractivity contribution in [3.05, 3.63) is 108 Å². The van der Waals surface area contributed by atoms with Gasteiger partial charge in [0, 0.05) is 43.1 Å². The lowest BCUT2D eigenvalue weighted by Gasteiger charge is -2.32. The normalized spacial score (nSPS) is 13.9. The molecule has 0 spiro atoms. The van der Waals surface area contributed by atoms with Crippen LogP contribution in [0.2, 0.25) is 0 Å². The molecule has 1 aliphatic rings. The highest BCUT2D eigenvalue weighted by Gasteiger charge is 2.23. The van der Waals surface area contributed by atoms with Crippen LogP contribution in [0.4, 0.5) is 10.2 Å². The van der Waals surface area contributed by atoms with Gasteiger partial charge in [0.15, 0.2) is 23.4 Å². The largest absolute Gasteiger partial charge is 0.507 e. The van der Waals surface area contributed by atoms with Gasteiger partial charge in [-0.05, 0) is 73.0 Å². The van der Waals surface area contributed by atoms with Crippen LogP contribution in [0.3, 0.4) is 0 Å². The molecule has 0 radical (unpaired) electrons. The number of carbonyl (C=O) groups is 2. The topological polar surface area (TPSA) is 165 Å². The van der Waals surface area contributed by atoms with E-state index in [0.717, 1.165) is 49.9 Å². The molecule has 1 fully saturated rings. The molecule has 13 heteroatoms. The van der Waals surface area contributed by atoms with Gasteiger partial charge in [0.25, 0.3) is 5.91 Å². The molecule has 48 heavy (non-hydrogen) atoms. The van der Waals surface area contributed by atoms with Gasteiger partial charge in [-0.15, -0.1) is 0 Å². The maximum absolute atomic E-state index is 13.5. The number of phenolic OH excluding ortho intramolecular Hbond substituents is 1. The van der Waals surface area contributed by atoms with Crippen LogP contribution in [-0.4, -0.2) is 70.8 Å². The van der Waals surface area contributed by atoms with Crippen molar-refractivity contribution >= 4 is 29.3 Å². The Morgan fingerprint density at radius 3 is 2.52 bits per heavy atom. The molecule has 7 rings (SSSR count). The number of likely N-dealkylation sites (tertiary alicyclic amines) is 1. The van der Waals surface area contributed by atoms with Crippen molar-refractivity contribution in [1.82, 2.24) is 39.7 Å². The number of nitrogens with zero attached hydrogens (tertiary/aromatic N) is 7. The Kier molecular flexibility index (Phi) is 8.26. The van der Waals surface area contributed by atoms with Crippen LogP contribution in [0.25, 0.3) is 39.8 Å². The third-order valence-electron chi connectivity index (χ3n) is 8.38. The van der Waals surface area contributed by atoms with Gasteiger partial charge in [-0.1, -0.05) is 12.1 Å². The number of halogens is 1. The van der Waals surface area contributed by atoms with Gasteiger partial charge >= 0.3 is 0 Å². The van der Waals surface area contributed by atoms with Crippen LogP contribution in [0.1, 0.15) is 39.1 Å². The van der Waals surface area contributed by atoms with Crippen molar-refractivity contribution in [1.29, 1.82) is 0 Å². The molecule has 0 aliphatic carbocycles. The van der Waals surface area contributed by atoms with E-state index in [1.54, 1.807) is 24.5 Å². The van der Waals surface area contributed by atoms with E-state index in [1.807, 2.05) is 22.8 Å². The molecular formula is C35H30FN9O3. The molecule has 5 heterocycles. The van der Waals surface area contributed by atoms with Gasteiger partial charge in [-0.3, -0.25) is 24.0 Å². The Morgan fingerprint density at radius 2 is 1.79 bits per heavy atom. The zero-order valence-electron chi connectivity index (χ0n) is 25.6. The molecule has 0 bridgehead atoms. The van der Waals surface area contributed by atoms with Crippen LogP contribution < -0.4 is 11.1 Å². The summed E-state index contributed by atoms with van der Waals surface area (Å²) in [6, 6.07) is 18.9. The van der Waals surface area contributed by atoms with E-state index in [-0.39, 0.29) is 23.3 Å². The minimum absolute atomic E-state index is 0.00794. The first-order chi connectivity index (χ1) is 23.4. The zero-order chi connectivity index (χ0) is 33.2. The van der Waals surface area contributed by atoms with Crippen molar-refractivity contribution < 1.29 is 19.1 Å². The maximum Gasteiger partial charge on any atom is 0.251 e. The average molecular weight is 644 g/mol. The van der Waals surface area contributed by atoms with E-state index >= 15 is 0 Å². The molecule has 4 N–H and O–H groups in total. The van der Waals surface area contributed by atoms with Gasteiger partial charge in [-0.2, -0.15) is 0 Å². The number of pyridine rings is 2. The number of piperidine rings is 1. The highest BCUT2D eigenvalue weighted by Crippen LogP contribution is 2.31. The molecular weight excluding hydrogens is 613 g/mol. The fourth-order valence-electron chi connectivity index (χ4n) is 5.84. The lowest BCUT2D eigenvalue weighted by Crippen LogP contribution is -2.44. The first-order valence-corrected chi connectivity index (χ1v) is 15.4. The van der Waals surface area contributed by atoms with Gasteiger partial charge in [0.05, 0.1) is 29.2 Å². The minimum Gasteiger partial charge on any atom is -0.507 e. The highest BCUT2D eigenvalue weighted by molar-refractivity contribution is 5.96. The van der Waals surface area contributed by atoms with E-state index in [2.05, 4.69) is 37.3 Å². The minimum atomic E-state index is -0.441. The maximum atomic E-state index is 13.5. The molecule has 0 unspecified atom stereocenters. The highest BCUT2D eigenvalue weighted by atomic mass is 19.1. The van der Waals surface area contributed by atoms with Gasteiger partial charge in [0.1, 0.15) is 23.1 Å². The van der Waals surface area contributed by atoms with Crippen LogP contribution in [-0.2, 0) is 6.54 Å². The number of fused-ring (bicyclic) bond motifs is 1. The molecule has 240 valence electrons. The van der Waals surface area contributed by atoms with Crippen molar-refractivity contribution in [2.75, 3.05) is 18.8 Å². The summed E-state index contributed by atoms with van der Waals surface area (Å²) >= 11 is 0. The third-order valence-corrected chi connectivity index (χ3v) is 8.38. The number of anilines is 1. The second kappa shape index (κ2) is 13.0. The molecule has 2 aromatic carbocycles. The third kappa shape index (κ3) is 6.18. The van der Waals surface area contributed by atoms with Gasteiger partial charge < -0.3 is 16.2 Å². The Balaban J connectivity index is 1.09. The van der Waals surface area contributed by atoms with Gasteiger partial charge in [-0.25, -0.2) is 24.3 Å². The number of benzene rings is 2. The number of hydrogen-bond donors (Lipinski definition) is 3. The standard InChI is InChI=1S/C35H30FN9O3/c36-24-6-9-28(39-17-24)29-18-40-32-34(42-29)45(33(43-32)27-2-1-13-38-31(27)37)26-7-3-21(4-8-26)19-44-14-11-25(12-15-44)41-35(48)22-5-10-30(47)23(16-22)20-46/h1-10,13,16-18,20,25,47H,11-12,14-15,19H2,(H2,37,38)(H,41,48). The number of rotatable bonds is 8. The monoisotopic (exact) mass is 643 g/mol. The Labute approximate surface area is 274 Å². The van der Waals surface area contributed by atoms with E-state index in [4.69, 9.17) is 15.7 Å². The molecule has 6 aromatic rings. The molecule has 0 saturated carbocycles. The lowest BCUT2D eigenvalue weighted by molar-refractivity contribution is 0.0909. The summed E-state index contributed by atoms with van der Waals surface area (Å²) in [6.07, 6.45) is 6.41. The predicted molar refractivity (Wildman–Crippen MR) is 177 cm³/mol. The summed E-state index contributed by atoms with van der Waals surface area (Å²) in [4.78, 5) is 48.8. The fourth-order valence-corrected chi connectivity index (χ4v) is 5.84. The second-order valence-corrected chi connectivity index (χ2v) is 11.6. The Bertz CT molecular complexity index is 2130. The summed E-state index contributed by atoms with van der Waals surface area (Å²) in [5.74, 6) is -0.00522. The van der Waals surface area contributed by atoms with Crippen LogP contribution in [0.5, 0.6) is 5.75 Å². The number of aromatic nitrogens is 6. The van der Waals surface area contributed by atoms with Crippen molar-refractivity contribution in [3.8, 4) is 34.2 Å². The van der Waals surface area contributed by atoms with E-state index < -0.39 is 5.82 Å². The Morgan fingerprint density at radius 1 is 0.979 bits per heavy atom. The number of nitrogens with two attached hydrogens (primary N) is 1. The van der Waals surface area contributed by atoms with Crippen LogP contribution in [0, 0.1) is 5.82 Å². The van der Waals surface area contributed by atoms with Crippen molar-refractivity contribution in [2.45, 2.75) is 25.4 Å². The quantitative estimate of drug-likeness (QED) is 0.200. The molecule has 1 saturated heterocycles. The zero-order valence-corrected chi connectivity index (χ0v) is 25.6. The molecule has 1 aliphatic heterocycles. The van der Waals surface area contributed by atoms with E-state index in [9.17, 15) is 19.1 Å². The lowest BCUT2D eigenvalue weighted by atomic mass is 10.0. The number of aromatic hydroxyl groups is 1. The summed E-state index contributed by atoms with van der Waals surface area (Å²) in [5, 5.41) is 12.8. The first-order valence-electron chi connectivity index (χ1n) is 15.4. The number of carbonyl (C=O) groups excluding carboxylic acids is 2. The number of nitrogen functional groups attached to an aromatic ring is 1. The summed E-state index contributed by atoms with van der Waals surface area (Å²) in [5.41, 5.74) is 11.1. The second-order valence-electron chi connectivity index (χ2n) is 11.6. The number of hydrogen-bond acceptors (Lipinski definition) is 10. The SMILES string of the molecule is Nc1ncccc1-c1nc2ncc(-c3ccc(F)cn3)nc2n1-c1ccc(CN2CCC(NC(=O)c3ccc(O)c(C=O)c3)CC2)cc1. The predicted octanol–water partition coefficient (Wildman–Crippen LogP) is 4.57. The van der Waals surface area contributed by atoms with Crippen LogP contribution >= 0.6 is 0 Å². The summed E-state index contributed by atoms with van der Waals surface area (Å²) in [7, 11) is 0. The van der Waals surface area contributed by atoms with Crippen LogP contribution in [0.15, 0.2) is 85.3 Å². The summed E-state index contributed by atoms with van der Waals surface area (Å²) < 4.78 is 15.4. The number of imidazole rings is 1. The number of amides is 1. The number of phenols is 1. The molecule has 0 atom stereocenters. The number of nitrogens with one attached hydrogen (secondary N) is 1. The first kappa shape index (κ1) is 30.6. The Hall–Kier alpha value is -6.08. The van der Waals surface area contributed by atoms with E-state index in [1.165, 1.54) is 24.3 Å². The average Bonchev–Trinajstić information content (AvgIpc) is 3.48. The number of aldehydes is 1. The molecule has 4 aromatic heterocycles. The van der Waals surface area contributed by atoms with E-state index in [0.29, 0.717) is 51.7 Å². The summed E-state index contributed by atoms with van der Waals surface area (Å²) in [6.45, 7) is 2.33. The smallest absolute Gasteiger partial charge is 0.251 e. The van der Waals surface area contributed by atoms with Crippen molar-refractivity contribution in [2.24, 2.45) is 0 Å².